The molecule has 5 nitrogen and oxygen atoms in total. The lowest BCUT2D eigenvalue weighted by molar-refractivity contribution is -0.124. The lowest BCUT2D eigenvalue weighted by atomic mass is 10.2. The molecule has 0 radical (unpaired) electrons. The summed E-state index contributed by atoms with van der Waals surface area (Å²) in [6, 6.07) is 5.73. The highest BCUT2D eigenvalue weighted by atomic mass is 16.3. The summed E-state index contributed by atoms with van der Waals surface area (Å²) in [7, 11) is 0. The van der Waals surface area contributed by atoms with Crippen LogP contribution in [0.4, 0.5) is 0 Å². The van der Waals surface area contributed by atoms with Gasteiger partial charge in [0.1, 0.15) is 5.75 Å². The number of hydrazine groups is 1. The summed E-state index contributed by atoms with van der Waals surface area (Å²) in [5, 5.41) is 9.03. The predicted molar refractivity (Wildman–Crippen MR) is 58.6 cm³/mol. The van der Waals surface area contributed by atoms with Crippen LogP contribution in [0.5, 0.6) is 5.75 Å². The Labute approximate surface area is 93.4 Å². The first-order valence-electron chi connectivity index (χ1n) is 4.90. The van der Waals surface area contributed by atoms with Crippen LogP contribution in [0, 0.1) is 5.92 Å². The van der Waals surface area contributed by atoms with Gasteiger partial charge >= 0.3 is 0 Å². The van der Waals surface area contributed by atoms with Gasteiger partial charge in [0.2, 0.25) is 5.91 Å². The first kappa shape index (κ1) is 12.0. The summed E-state index contributed by atoms with van der Waals surface area (Å²) in [6.07, 6.45) is 0. The standard InChI is InChI=1S/C11H14N2O3/c1-7(2)10(15)12-13-11(16)8-3-5-9(14)6-4-8/h3-7,14H,1-2H3,(H,12,15)(H,13,16). The van der Waals surface area contributed by atoms with Crippen molar-refractivity contribution in [2.24, 2.45) is 5.92 Å². The summed E-state index contributed by atoms with van der Waals surface area (Å²) in [5.74, 6) is -0.788. The SMILES string of the molecule is CC(C)C(=O)NNC(=O)c1ccc(O)cc1. The number of nitrogens with one attached hydrogen (secondary N) is 2. The fraction of sp³-hybridized carbons (Fsp3) is 0.273. The van der Waals surface area contributed by atoms with Gasteiger partial charge in [-0.1, -0.05) is 13.8 Å². The van der Waals surface area contributed by atoms with Crippen LogP contribution in [0.1, 0.15) is 24.2 Å². The molecule has 1 aromatic rings. The Bertz CT molecular complexity index is 385. The van der Waals surface area contributed by atoms with Gasteiger partial charge in [0, 0.05) is 11.5 Å². The van der Waals surface area contributed by atoms with Crippen molar-refractivity contribution in [1.82, 2.24) is 10.9 Å². The van der Waals surface area contributed by atoms with Gasteiger partial charge < -0.3 is 5.11 Å². The molecular weight excluding hydrogens is 208 g/mol. The van der Waals surface area contributed by atoms with Gasteiger partial charge in [-0.25, -0.2) is 0 Å². The molecule has 3 N–H and O–H groups in total. The fourth-order valence-electron chi connectivity index (χ4n) is 0.948. The van der Waals surface area contributed by atoms with E-state index in [2.05, 4.69) is 10.9 Å². The molecule has 0 spiro atoms. The molecule has 0 fully saturated rings. The molecule has 1 rings (SSSR count). The molecule has 16 heavy (non-hydrogen) atoms. The zero-order valence-corrected chi connectivity index (χ0v) is 9.15. The Morgan fingerprint density at radius 2 is 1.69 bits per heavy atom. The van der Waals surface area contributed by atoms with Gasteiger partial charge in [-0.15, -0.1) is 0 Å². The molecule has 0 aliphatic carbocycles. The van der Waals surface area contributed by atoms with Gasteiger partial charge in [-0.05, 0) is 24.3 Å². The largest absolute Gasteiger partial charge is 0.508 e. The Morgan fingerprint density at radius 1 is 1.12 bits per heavy atom. The number of phenolic OH excluding ortho intramolecular Hbond substituents is 1. The van der Waals surface area contributed by atoms with Crippen molar-refractivity contribution >= 4 is 11.8 Å². The van der Waals surface area contributed by atoms with Crippen LogP contribution >= 0.6 is 0 Å². The first-order valence-corrected chi connectivity index (χ1v) is 4.90. The lowest BCUT2D eigenvalue weighted by Gasteiger charge is -2.09. The minimum atomic E-state index is -0.422. The third-order valence-electron chi connectivity index (χ3n) is 1.95. The molecule has 0 unspecified atom stereocenters. The number of carbonyl (C=O) groups is 2. The Morgan fingerprint density at radius 3 is 2.19 bits per heavy atom. The van der Waals surface area contributed by atoms with E-state index in [4.69, 9.17) is 5.11 Å². The number of rotatable bonds is 2. The molecular formula is C11H14N2O3. The molecule has 5 heteroatoms. The van der Waals surface area contributed by atoms with Gasteiger partial charge in [0.15, 0.2) is 0 Å². The van der Waals surface area contributed by atoms with E-state index >= 15 is 0 Å². The Kier molecular flexibility index (Phi) is 3.88. The van der Waals surface area contributed by atoms with Gasteiger partial charge in [0.05, 0.1) is 0 Å². The van der Waals surface area contributed by atoms with Crippen molar-refractivity contribution in [3.8, 4) is 5.75 Å². The molecule has 0 saturated heterocycles. The second-order valence-corrected chi connectivity index (χ2v) is 3.64. The van der Waals surface area contributed by atoms with E-state index in [9.17, 15) is 9.59 Å². The smallest absolute Gasteiger partial charge is 0.269 e. The van der Waals surface area contributed by atoms with E-state index in [1.54, 1.807) is 13.8 Å². The average Bonchev–Trinajstić information content (AvgIpc) is 2.26. The maximum absolute atomic E-state index is 11.5. The highest BCUT2D eigenvalue weighted by Crippen LogP contribution is 2.08. The van der Waals surface area contributed by atoms with Gasteiger partial charge in [-0.2, -0.15) is 0 Å². The molecule has 0 saturated carbocycles. The summed E-state index contributed by atoms with van der Waals surface area (Å²) in [4.78, 5) is 22.6. The molecule has 0 bridgehead atoms. The molecule has 0 aliphatic heterocycles. The summed E-state index contributed by atoms with van der Waals surface area (Å²) < 4.78 is 0. The third-order valence-corrected chi connectivity index (χ3v) is 1.95. The molecule has 2 amide bonds. The normalized spacial score (nSPS) is 9.94. The van der Waals surface area contributed by atoms with Crippen molar-refractivity contribution in [2.45, 2.75) is 13.8 Å². The highest BCUT2D eigenvalue weighted by molar-refractivity contribution is 5.95. The van der Waals surface area contributed by atoms with E-state index in [1.807, 2.05) is 0 Å². The van der Waals surface area contributed by atoms with Crippen LogP contribution < -0.4 is 10.9 Å². The number of carbonyl (C=O) groups excluding carboxylic acids is 2. The number of amides is 2. The molecule has 0 atom stereocenters. The van der Waals surface area contributed by atoms with Crippen molar-refractivity contribution < 1.29 is 14.7 Å². The fourth-order valence-corrected chi connectivity index (χ4v) is 0.948. The number of aromatic hydroxyl groups is 1. The minimum Gasteiger partial charge on any atom is -0.508 e. The third kappa shape index (κ3) is 3.27. The van der Waals surface area contributed by atoms with Crippen LogP contribution in [0.25, 0.3) is 0 Å². The topological polar surface area (TPSA) is 78.4 Å². The van der Waals surface area contributed by atoms with Crippen LogP contribution in [-0.4, -0.2) is 16.9 Å². The summed E-state index contributed by atoms with van der Waals surface area (Å²) in [5.41, 5.74) is 4.94. The lowest BCUT2D eigenvalue weighted by Crippen LogP contribution is -2.43. The van der Waals surface area contributed by atoms with E-state index < -0.39 is 5.91 Å². The predicted octanol–water partition coefficient (Wildman–Crippen LogP) is 0.809. The minimum absolute atomic E-state index is 0.0859. The van der Waals surface area contributed by atoms with Crippen molar-refractivity contribution in [3.63, 3.8) is 0 Å². The highest BCUT2D eigenvalue weighted by Gasteiger charge is 2.09. The van der Waals surface area contributed by atoms with E-state index in [1.165, 1.54) is 24.3 Å². The van der Waals surface area contributed by atoms with Crippen LogP contribution in [-0.2, 0) is 4.79 Å². The zero-order chi connectivity index (χ0) is 12.1. The second kappa shape index (κ2) is 5.16. The van der Waals surface area contributed by atoms with Crippen molar-refractivity contribution in [1.29, 1.82) is 0 Å². The van der Waals surface area contributed by atoms with Crippen molar-refractivity contribution in [3.05, 3.63) is 29.8 Å². The number of phenols is 1. The van der Waals surface area contributed by atoms with Crippen molar-refractivity contribution in [2.75, 3.05) is 0 Å². The first-order chi connectivity index (χ1) is 7.50. The molecule has 0 aromatic heterocycles. The zero-order valence-electron chi connectivity index (χ0n) is 9.15. The molecule has 86 valence electrons. The van der Waals surface area contributed by atoms with E-state index in [0.717, 1.165) is 0 Å². The maximum atomic E-state index is 11.5. The van der Waals surface area contributed by atoms with E-state index in [0.29, 0.717) is 5.56 Å². The van der Waals surface area contributed by atoms with Crippen LogP contribution in [0.15, 0.2) is 24.3 Å². The van der Waals surface area contributed by atoms with E-state index in [-0.39, 0.29) is 17.6 Å². The van der Waals surface area contributed by atoms with Gasteiger partial charge in [0.25, 0.3) is 5.91 Å². The number of hydrogen-bond donors (Lipinski definition) is 3. The van der Waals surface area contributed by atoms with Gasteiger partial charge in [-0.3, -0.25) is 20.4 Å². The second-order valence-electron chi connectivity index (χ2n) is 3.64. The quantitative estimate of drug-likeness (QED) is 0.648. The molecule has 1 aromatic carbocycles. The summed E-state index contributed by atoms with van der Waals surface area (Å²) in [6.45, 7) is 3.45. The number of hydrogen-bond acceptors (Lipinski definition) is 3. The molecule has 0 heterocycles. The van der Waals surface area contributed by atoms with Crippen LogP contribution in [0.2, 0.25) is 0 Å². The average molecular weight is 222 g/mol. The Hall–Kier alpha value is -2.04. The Balaban J connectivity index is 2.53. The van der Waals surface area contributed by atoms with Crippen LogP contribution in [0.3, 0.4) is 0 Å². The summed E-state index contributed by atoms with van der Waals surface area (Å²) >= 11 is 0. The number of benzene rings is 1. The monoisotopic (exact) mass is 222 g/mol. The maximum Gasteiger partial charge on any atom is 0.269 e. The molecule has 0 aliphatic rings.